The number of amides is 5. The second-order valence-electron chi connectivity index (χ2n) is 3.36. The molecular formula is C8H13N5O3. The summed E-state index contributed by atoms with van der Waals surface area (Å²) in [5.41, 5.74) is 5.57. The van der Waals surface area contributed by atoms with Crippen molar-refractivity contribution in [3.63, 3.8) is 0 Å². The molecule has 0 aromatic rings. The smallest absolute Gasteiger partial charge is 0.332 e. The van der Waals surface area contributed by atoms with Crippen molar-refractivity contribution in [3.8, 4) is 0 Å². The number of hydrogen-bond donors (Lipinski definition) is 4. The van der Waals surface area contributed by atoms with Crippen LogP contribution in [0.1, 0.15) is 19.8 Å². The van der Waals surface area contributed by atoms with E-state index in [1.807, 2.05) is 12.3 Å². The Morgan fingerprint density at radius 1 is 1.62 bits per heavy atom. The van der Waals surface area contributed by atoms with Crippen molar-refractivity contribution in [2.75, 3.05) is 0 Å². The number of primary amides is 1. The molecule has 8 heteroatoms. The van der Waals surface area contributed by atoms with Gasteiger partial charge < -0.3 is 11.1 Å². The van der Waals surface area contributed by atoms with Gasteiger partial charge in [-0.25, -0.2) is 15.0 Å². The van der Waals surface area contributed by atoms with E-state index in [0.717, 1.165) is 0 Å². The molecule has 0 aromatic heterocycles. The summed E-state index contributed by atoms with van der Waals surface area (Å²) in [7, 11) is 0. The molecule has 0 radical (unpaired) electrons. The van der Waals surface area contributed by atoms with Crippen LogP contribution in [0.3, 0.4) is 0 Å². The van der Waals surface area contributed by atoms with Gasteiger partial charge in [-0.05, 0) is 6.42 Å². The maximum Gasteiger partial charge on any atom is 0.332 e. The van der Waals surface area contributed by atoms with Gasteiger partial charge in [-0.15, -0.1) is 0 Å². The van der Waals surface area contributed by atoms with Crippen LogP contribution in [0.5, 0.6) is 0 Å². The lowest BCUT2D eigenvalue weighted by molar-refractivity contribution is -0.121. The highest BCUT2D eigenvalue weighted by Crippen LogP contribution is 2.15. The van der Waals surface area contributed by atoms with Crippen molar-refractivity contribution < 1.29 is 14.4 Å². The number of nitrogens with one attached hydrogen (secondary N) is 3. The van der Waals surface area contributed by atoms with Gasteiger partial charge in [-0.1, -0.05) is 13.3 Å². The van der Waals surface area contributed by atoms with Crippen LogP contribution < -0.4 is 21.8 Å². The number of rotatable bonds is 4. The lowest BCUT2D eigenvalue weighted by atomic mass is 9.96. The van der Waals surface area contributed by atoms with Crippen molar-refractivity contribution in [1.82, 2.24) is 16.1 Å². The molecule has 16 heavy (non-hydrogen) atoms. The van der Waals surface area contributed by atoms with Gasteiger partial charge in [0.2, 0.25) is 0 Å². The second kappa shape index (κ2) is 4.60. The number of nitrogens with two attached hydrogens (primary N) is 1. The van der Waals surface area contributed by atoms with Gasteiger partial charge in [-0.2, -0.15) is 5.10 Å². The molecule has 88 valence electrons. The Bertz CT molecular complexity index is 354. The van der Waals surface area contributed by atoms with Crippen LogP contribution >= 0.6 is 0 Å². The van der Waals surface area contributed by atoms with Crippen molar-refractivity contribution in [2.45, 2.75) is 25.3 Å². The summed E-state index contributed by atoms with van der Waals surface area (Å²) in [5.74, 6) is -0.491. The summed E-state index contributed by atoms with van der Waals surface area (Å²) in [6, 6.07) is -1.42. The number of carbonyl (C=O) groups is 3. The third-order valence-corrected chi connectivity index (χ3v) is 2.07. The maximum atomic E-state index is 11.5. The first kappa shape index (κ1) is 12.0. The van der Waals surface area contributed by atoms with Gasteiger partial charge in [0.25, 0.3) is 5.91 Å². The van der Waals surface area contributed by atoms with E-state index in [4.69, 9.17) is 5.73 Å². The fraction of sp³-hybridized carbons (Fsp3) is 0.500. The first-order chi connectivity index (χ1) is 7.50. The molecule has 0 unspecified atom stereocenters. The normalized spacial score (nSPS) is 24.3. The minimum absolute atomic E-state index is 0.383. The molecule has 5 N–H and O–H groups in total. The highest BCUT2D eigenvalue weighted by Gasteiger charge is 2.44. The Labute approximate surface area is 91.6 Å². The fourth-order valence-corrected chi connectivity index (χ4v) is 1.44. The summed E-state index contributed by atoms with van der Waals surface area (Å²) < 4.78 is 0. The van der Waals surface area contributed by atoms with Crippen LogP contribution in [0, 0.1) is 0 Å². The number of nitrogens with zero attached hydrogens (tertiary/aromatic N) is 1. The third kappa shape index (κ3) is 2.47. The second-order valence-corrected chi connectivity index (χ2v) is 3.36. The largest absolute Gasteiger partial charge is 0.350 e. The minimum atomic E-state index is -1.20. The predicted octanol–water partition coefficient (Wildman–Crippen LogP) is -0.981. The van der Waals surface area contributed by atoms with Crippen molar-refractivity contribution in [2.24, 2.45) is 10.8 Å². The highest BCUT2D eigenvalue weighted by molar-refractivity contribution is 6.16. The monoisotopic (exact) mass is 227 g/mol. The van der Waals surface area contributed by atoms with Crippen LogP contribution in [0.4, 0.5) is 9.59 Å². The van der Waals surface area contributed by atoms with Crippen LogP contribution in [0.2, 0.25) is 0 Å². The lowest BCUT2D eigenvalue weighted by Crippen LogP contribution is -2.49. The molecule has 1 aliphatic heterocycles. The SMILES string of the molecule is CCC[C@]1(/C=N\NC(N)=O)NC(=O)NC1=O. The third-order valence-electron chi connectivity index (χ3n) is 2.07. The Balaban J connectivity index is 2.81. The van der Waals surface area contributed by atoms with Gasteiger partial charge >= 0.3 is 12.1 Å². The number of urea groups is 2. The maximum absolute atomic E-state index is 11.5. The molecule has 1 saturated heterocycles. The molecule has 0 bridgehead atoms. The minimum Gasteiger partial charge on any atom is -0.350 e. The zero-order valence-corrected chi connectivity index (χ0v) is 8.74. The molecule has 8 nitrogen and oxygen atoms in total. The van der Waals surface area contributed by atoms with E-state index >= 15 is 0 Å². The van der Waals surface area contributed by atoms with Gasteiger partial charge in [-0.3, -0.25) is 10.1 Å². The van der Waals surface area contributed by atoms with Crippen LogP contribution in [-0.2, 0) is 4.79 Å². The zero-order valence-electron chi connectivity index (χ0n) is 8.74. The van der Waals surface area contributed by atoms with Gasteiger partial charge in [0.15, 0.2) is 5.54 Å². The van der Waals surface area contributed by atoms with E-state index in [2.05, 4.69) is 15.7 Å². The Morgan fingerprint density at radius 2 is 2.31 bits per heavy atom. The van der Waals surface area contributed by atoms with E-state index in [9.17, 15) is 14.4 Å². The zero-order chi connectivity index (χ0) is 12.2. The average Bonchev–Trinajstić information content (AvgIpc) is 2.42. The van der Waals surface area contributed by atoms with Crippen LogP contribution in [0.15, 0.2) is 5.10 Å². The van der Waals surface area contributed by atoms with Crippen molar-refractivity contribution in [3.05, 3.63) is 0 Å². The molecule has 0 spiro atoms. The number of carbonyl (C=O) groups excluding carboxylic acids is 3. The molecule has 1 fully saturated rings. The number of hydrogen-bond acceptors (Lipinski definition) is 4. The summed E-state index contributed by atoms with van der Waals surface area (Å²) in [4.78, 5) is 33.0. The topological polar surface area (TPSA) is 126 Å². The van der Waals surface area contributed by atoms with Crippen molar-refractivity contribution in [1.29, 1.82) is 0 Å². The Hall–Kier alpha value is -2.12. The molecule has 1 atom stereocenters. The molecule has 0 saturated carbocycles. The summed E-state index contributed by atoms with van der Waals surface area (Å²) >= 11 is 0. The van der Waals surface area contributed by atoms with Crippen molar-refractivity contribution >= 4 is 24.2 Å². The Morgan fingerprint density at radius 3 is 2.75 bits per heavy atom. The standard InChI is InChI=1S/C8H13N5O3/c1-2-3-8(4-10-13-6(9)15)5(14)11-7(16)12-8/h4H,2-3H2,1H3,(H3,9,13,15)(H2,11,12,14,16)/b10-4-/t8-/m1/s1. The van der Waals surface area contributed by atoms with Crippen LogP contribution in [-0.4, -0.2) is 29.7 Å². The Kier molecular flexibility index (Phi) is 3.44. The van der Waals surface area contributed by atoms with Crippen LogP contribution in [0.25, 0.3) is 0 Å². The van der Waals surface area contributed by atoms with E-state index in [1.54, 1.807) is 0 Å². The van der Waals surface area contributed by atoms with Gasteiger partial charge in [0.05, 0.1) is 6.21 Å². The fourth-order valence-electron chi connectivity index (χ4n) is 1.44. The molecule has 0 aliphatic carbocycles. The predicted molar refractivity (Wildman–Crippen MR) is 55.5 cm³/mol. The average molecular weight is 227 g/mol. The van der Waals surface area contributed by atoms with E-state index in [1.165, 1.54) is 6.21 Å². The molecule has 1 rings (SSSR count). The first-order valence-corrected chi connectivity index (χ1v) is 4.73. The highest BCUT2D eigenvalue weighted by atomic mass is 16.2. The summed E-state index contributed by atoms with van der Waals surface area (Å²) in [6.45, 7) is 1.86. The first-order valence-electron chi connectivity index (χ1n) is 4.73. The summed E-state index contributed by atoms with van der Waals surface area (Å²) in [6.07, 6.45) is 2.21. The molecule has 1 aliphatic rings. The van der Waals surface area contributed by atoms with E-state index in [0.29, 0.717) is 12.8 Å². The molecule has 5 amide bonds. The van der Waals surface area contributed by atoms with Gasteiger partial charge in [0.1, 0.15) is 0 Å². The number of imide groups is 1. The number of hydrazone groups is 1. The quantitative estimate of drug-likeness (QED) is 0.280. The van der Waals surface area contributed by atoms with E-state index in [-0.39, 0.29) is 0 Å². The molecule has 0 aromatic carbocycles. The summed E-state index contributed by atoms with van der Waals surface area (Å²) in [5, 5.41) is 8.06. The van der Waals surface area contributed by atoms with Gasteiger partial charge in [0, 0.05) is 0 Å². The molecular weight excluding hydrogens is 214 g/mol. The molecule has 1 heterocycles. The lowest BCUT2D eigenvalue weighted by Gasteiger charge is -2.19. The van der Waals surface area contributed by atoms with E-state index < -0.39 is 23.5 Å².